The molecule has 2 aliphatic rings. The van der Waals surface area contributed by atoms with Gasteiger partial charge in [-0.25, -0.2) is 4.98 Å². The van der Waals surface area contributed by atoms with Crippen molar-refractivity contribution in [3.63, 3.8) is 0 Å². The second-order valence-electron chi connectivity index (χ2n) is 13.1. The molecule has 0 unspecified atom stereocenters. The van der Waals surface area contributed by atoms with Gasteiger partial charge in [-0.2, -0.15) is 0 Å². The molecule has 1 fully saturated rings. The Morgan fingerprint density at radius 1 is 0.750 bits per heavy atom. The van der Waals surface area contributed by atoms with Gasteiger partial charge < -0.3 is 14.5 Å². The topological polar surface area (TPSA) is 46.4 Å². The van der Waals surface area contributed by atoms with E-state index in [1.165, 1.54) is 47.7 Å². The van der Waals surface area contributed by atoms with E-state index in [2.05, 4.69) is 119 Å². The van der Waals surface area contributed by atoms with Gasteiger partial charge in [0, 0.05) is 47.0 Å². The fraction of sp³-hybridized carbons (Fsp3) is 0.263. The van der Waals surface area contributed by atoms with Crippen molar-refractivity contribution in [2.45, 2.75) is 57.9 Å². The van der Waals surface area contributed by atoms with Crippen LogP contribution < -0.4 is 14.5 Å². The van der Waals surface area contributed by atoms with Crippen molar-refractivity contribution in [3.8, 4) is 17.3 Å². The van der Waals surface area contributed by atoms with Crippen LogP contribution in [0.25, 0.3) is 27.6 Å². The van der Waals surface area contributed by atoms with Crippen molar-refractivity contribution in [3.05, 3.63) is 109 Å². The minimum atomic E-state index is 0.0236. The zero-order chi connectivity index (χ0) is 29.8. The molecule has 1 saturated carbocycles. The van der Waals surface area contributed by atoms with Crippen LogP contribution in [0.3, 0.4) is 0 Å². The molecule has 1 aliphatic carbocycles. The van der Waals surface area contributed by atoms with Gasteiger partial charge >= 0.3 is 0 Å². The third-order valence-electron chi connectivity index (χ3n) is 9.29. The summed E-state index contributed by atoms with van der Waals surface area (Å²) in [5, 5.41) is 2.38. The van der Waals surface area contributed by atoms with E-state index in [0.29, 0.717) is 6.04 Å². The number of fused-ring (bicyclic) bond motifs is 4. The quantitative estimate of drug-likeness (QED) is 0.204. The van der Waals surface area contributed by atoms with Gasteiger partial charge in [0.15, 0.2) is 0 Å². The van der Waals surface area contributed by atoms with Crippen LogP contribution in [0.15, 0.2) is 104 Å². The molecular formula is C38H37N5O. The highest BCUT2D eigenvalue weighted by Crippen LogP contribution is 2.44. The number of hydrogen-bond acceptors (Lipinski definition) is 5. The van der Waals surface area contributed by atoms with E-state index in [0.717, 1.165) is 46.4 Å². The van der Waals surface area contributed by atoms with Crippen LogP contribution >= 0.6 is 0 Å². The van der Waals surface area contributed by atoms with E-state index >= 15 is 0 Å². The summed E-state index contributed by atoms with van der Waals surface area (Å²) in [6.45, 7) is 7.55. The first-order chi connectivity index (χ1) is 21.4. The lowest BCUT2D eigenvalue weighted by molar-refractivity contribution is 0.483. The summed E-state index contributed by atoms with van der Waals surface area (Å²) < 4.78 is 8.84. The van der Waals surface area contributed by atoms with Gasteiger partial charge in [-0.05, 0) is 72.4 Å². The van der Waals surface area contributed by atoms with Gasteiger partial charge in [0.1, 0.15) is 17.3 Å². The molecule has 0 spiro atoms. The molecule has 6 heteroatoms. The fourth-order valence-electron chi connectivity index (χ4n) is 7.00. The van der Waals surface area contributed by atoms with Crippen molar-refractivity contribution in [2.75, 3.05) is 16.5 Å². The lowest BCUT2D eigenvalue weighted by atomic mass is 9.88. The second-order valence-corrected chi connectivity index (χ2v) is 13.1. The van der Waals surface area contributed by atoms with Crippen LogP contribution in [0.1, 0.15) is 52.0 Å². The van der Waals surface area contributed by atoms with Gasteiger partial charge in [-0.3, -0.25) is 9.55 Å². The first-order valence-electron chi connectivity index (χ1n) is 15.7. The van der Waals surface area contributed by atoms with E-state index in [1.807, 2.05) is 24.7 Å². The fourth-order valence-corrected chi connectivity index (χ4v) is 7.00. The molecule has 0 radical (unpaired) electrons. The van der Waals surface area contributed by atoms with E-state index < -0.39 is 0 Å². The minimum absolute atomic E-state index is 0.0236. The van der Waals surface area contributed by atoms with Crippen molar-refractivity contribution >= 4 is 38.9 Å². The lowest BCUT2D eigenvalue weighted by Gasteiger charge is -2.27. The Morgan fingerprint density at radius 2 is 1.57 bits per heavy atom. The number of hydrogen-bond donors (Lipinski definition) is 0. The first-order valence-corrected chi connectivity index (χ1v) is 15.7. The molecule has 0 atom stereocenters. The Balaban J connectivity index is 1.16. The van der Waals surface area contributed by atoms with Crippen LogP contribution in [0.5, 0.6) is 11.5 Å². The Kier molecular flexibility index (Phi) is 6.33. The Bertz CT molecular complexity index is 2000. The van der Waals surface area contributed by atoms with Gasteiger partial charge in [0.2, 0.25) is 0 Å². The van der Waals surface area contributed by atoms with Crippen LogP contribution in [-0.4, -0.2) is 27.2 Å². The molecule has 3 aromatic carbocycles. The number of rotatable bonds is 5. The molecule has 0 bridgehead atoms. The maximum atomic E-state index is 6.58. The van der Waals surface area contributed by atoms with E-state index in [1.54, 1.807) is 0 Å². The molecule has 8 rings (SSSR count). The molecule has 6 aromatic rings. The number of ether oxygens (including phenoxy) is 1. The number of aromatic nitrogens is 3. The summed E-state index contributed by atoms with van der Waals surface area (Å²) in [6, 6.07) is 30.4. The first kappa shape index (κ1) is 26.8. The van der Waals surface area contributed by atoms with E-state index in [-0.39, 0.29) is 5.41 Å². The van der Waals surface area contributed by atoms with Crippen LogP contribution in [0.2, 0.25) is 0 Å². The molecule has 220 valence electrons. The van der Waals surface area contributed by atoms with Gasteiger partial charge in [0.05, 0.1) is 35.3 Å². The largest absolute Gasteiger partial charge is 0.457 e. The maximum Gasteiger partial charge on any atom is 0.137 e. The third-order valence-corrected chi connectivity index (χ3v) is 9.29. The van der Waals surface area contributed by atoms with E-state index in [4.69, 9.17) is 9.72 Å². The summed E-state index contributed by atoms with van der Waals surface area (Å²) in [5.74, 6) is 2.51. The summed E-state index contributed by atoms with van der Waals surface area (Å²) in [6.07, 6.45) is 11.0. The Morgan fingerprint density at radius 3 is 2.43 bits per heavy atom. The van der Waals surface area contributed by atoms with E-state index in [9.17, 15) is 0 Å². The lowest BCUT2D eigenvalue weighted by Crippen LogP contribution is -2.35. The minimum Gasteiger partial charge on any atom is -0.457 e. The van der Waals surface area contributed by atoms with Crippen LogP contribution in [-0.2, 0) is 5.41 Å². The average molecular weight is 580 g/mol. The highest BCUT2D eigenvalue weighted by Gasteiger charge is 2.33. The predicted molar refractivity (Wildman–Crippen MR) is 180 cm³/mol. The number of nitrogens with zero attached hydrogens (tertiary/aromatic N) is 5. The Hall–Kier alpha value is -4.84. The normalized spacial score (nSPS) is 15.4. The summed E-state index contributed by atoms with van der Waals surface area (Å²) >= 11 is 0. The SMILES string of the molecule is CC(C)(C)c1ccnc(-n2c3ccccc3c3ccc(Oc4cccc(N5CN(C6CCCC6)c6ccncc65)c4)cc32)c1. The number of benzene rings is 3. The van der Waals surface area contributed by atoms with Crippen molar-refractivity contribution < 1.29 is 4.74 Å². The summed E-state index contributed by atoms with van der Waals surface area (Å²) in [7, 11) is 0. The standard InChI is InChI=1S/C38H37N5O/c1-38(2,3)26-17-20-40-37(21-26)43-33-14-7-6-13-31(33)32-16-15-30(23-35(32)43)44-29-12-8-11-28(22-29)42-25-41(27-9-4-5-10-27)34-18-19-39-24-36(34)42/h6-8,11-24,27H,4-5,9-10,25H2,1-3H3. The molecule has 6 nitrogen and oxygen atoms in total. The number of anilines is 3. The zero-order valence-corrected chi connectivity index (χ0v) is 25.6. The molecular weight excluding hydrogens is 542 g/mol. The molecule has 0 amide bonds. The molecule has 4 heterocycles. The summed E-state index contributed by atoms with van der Waals surface area (Å²) in [4.78, 5) is 14.2. The third kappa shape index (κ3) is 4.57. The molecule has 44 heavy (non-hydrogen) atoms. The molecule has 0 saturated heterocycles. The zero-order valence-electron chi connectivity index (χ0n) is 25.6. The number of pyridine rings is 2. The Labute approximate surface area is 258 Å². The summed E-state index contributed by atoms with van der Waals surface area (Å²) in [5.41, 5.74) is 7.03. The van der Waals surface area contributed by atoms with Crippen LogP contribution in [0.4, 0.5) is 17.1 Å². The highest BCUT2D eigenvalue weighted by atomic mass is 16.5. The molecule has 3 aromatic heterocycles. The van der Waals surface area contributed by atoms with Gasteiger partial charge in [-0.1, -0.05) is 57.9 Å². The molecule has 0 N–H and O–H groups in total. The van der Waals surface area contributed by atoms with Crippen molar-refractivity contribution in [1.29, 1.82) is 0 Å². The average Bonchev–Trinajstić information content (AvgIpc) is 3.77. The van der Waals surface area contributed by atoms with Crippen molar-refractivity contribution in [1.82, 2.24) is 14.5 Å². The van der Waals surface area contributed by atoms with Crippen molar-refractivity contribution in [2.24, 2.45) is 0 Å². The number of para-hydroxylation sites is 1. The smallest absolute Gasteiger partial charge is 0.137 e. The van der Waals surface area contributed by atoms with Gasteiger partial charge in [0.25, 0.3) is 0 Å². The monoisotopic (exact) mass is 579 g/mol. The maximum absolute atomic E-state index is 6.58. The van der Waals surface area contributed by atoms with Crippen LogP contribution in [0, 0.1) is 0 Å². The molecule has 1 aliphatic heterocycles. The highest BCUT2D eigenvalue weighted by molar-refractivity contribution is 6.09. The predicted octanol–water partition coefficient (Wildman–Crippen LogP) is 9.52. The second kappa shape index (κ2) is 10.4. The van der Waals surface area contributed by atoms with Gasteiger partial charge in [-0.15, -0.1) is 0 Å².